The lowest BCUT2D eigenvalue weighted by Crippen LogP contribution is -2.48. The number of nitrogens with zero attached hydrogens (tertiary/aromatic N) is 1. The Bertz CT molecular complexity index is 838. The van der Waals surface area contributed by atoms with Gasteiger partial charge in [0, 0.05) is 18.8 Å². The van der Waals surface area contributed by atoms with Gasteiger partial charge in [-0.15, -0.1) is 10.8 Å². The van der Waals surface area contributed by atoms with Gasteiger partial charge in [0.1, 0.15) is 0 Å². The molecule has 0 aromatic carbocycles. The van der Waals surface area contributed by atoms with Crippen LogP contribution in [0.3, 0.4) is 0 Å². The molecule has 3 rings (SSSR count). The SMILES string of the molecule is CCC(CNS(C)(O)O)NC1CC(C2=CCC(CC(C)C(=O)O)C=C2)=CC2=CCN=C21. The van der Waals surface area contributed by atoms with Crippen molar-refractivity contribution in [1.29, 1.82) is 0 Å². The summed E-state index contributed by atoms with van der Waals surface area (Å²) in [5.41, 5.74) is 4.70. The standard InChI is InChI=1S/C23H35N3O4S/c1-4-20(14-25-31(3,29)30)26-21-13-19(12-18-9-10-24-22(18)21)17-7-5-16(6-8-17)11-15(2)23(27)28/h5,7-9,12,15-16,20-21,25-26,29-30H,4,6,10-11,13-14H2,1-3H3,(H,27,28). The van der Waals surface area contributed by atoms with E-state index < -0.39 is 16.7 Å². The third-order valence-corrected chi connectivity index (χ3v) is 6.84. The first-order chi connectivity index (χ1) is 14.7. The molecule has 8 heteroatoms. The van der Waals surface area contributed by atoms with Gasteiger partial charge in [-0.05, 0) is 54.4 Å². The third-order valence-electron chi connectivity index (χ3n) is 6.12. The molecule has 1 aliphatic heterocycles. The van der Waals surface area contributed by atoms with Crippen molar-refractivity contribution < 1.29 is 19.0 Å². The molecule has 4 atom stereocenters. The molecule has 172 valence electrons. The van der Waals surface area contributed by atoms with E-state index >= 15 is 0 Å². The summed E-state index contributed by atoms with van der Waals surface area (Å²) in [7, 11) is -2.73. The van der Waals surface area contributed by atoms with Crippen LogP contribution in [0.4, 0.5) is 0 Å². The summed E-state index contributed by atoms with van der Waals surface area (Å²) in [6, 6.07) is 0.177. The Labute approximate surface area is 186 Å². The van der Waals surface area contributed by atoms with Crippen LogP contribution in [0.25, 0.3) is 0 Å². The van der Waals surface area contributed by atoms with Crippen LogP contribution >= 0.6 is 10.8 Å². The predicted molar refractivity (Wildman–Crippen MR) is 128 cm³/mol. The Hall–Kier alpha value is -1.71. The molecule has 0 aromatic heterocycles. The fourth-order valence-electron chi connectivity index (χ4n) is 4.28. The Morgan fingerprint density at radius 2 is 2.10 bits per heavy atom. The summed E-state index contributed by atoms with van der Waals surface area (Å²) in [5, 5.41) is 12.8. The van der Waals surface area contributed by atoms with Gasteiger partial charge in [0.15, 0.2) is 0 Å². The first kappa shape index (κ1) is 23.9. The van der Waals surface area contributed by atoms with Gasteiger partial charge in [-0.2, -0.15) is 0 Å². The second-order valence-corrected chi connectivity index (χ2v) is 10.7. The number of aliphatic carboxylic acids is 1. The number of fused-ring (bicyclic) bond motifs is 1. The molecule has 7 nitrogen and oxygen atoms in total. The molecule has 0 bridgehead atoms. The summed E-state index contributed by atoms with van der Waals surface area (Å²) in [6.45, 7) is 5.02. The van der Waals surface area contributed by atoms with Gasteiger partial charge in [0.2, 0.25) is 0 Å². The molecule has 0 fully saturated rings. The van der Waals surface area contributed by atoms with Crippen molar-refractivity contribution in [3.8, 4) is 0 Å². The fraction of sp³-hybridized carbons (Fsp3) is 0.565. The smallest absolute Gasteiger partial charge is 0.306 e. The molecule has 5 N–H and O–H groups in total. The van der Waals surface area contributed by atoms with Gasteiger partial charge in [-0.3, -0.25) is 18.9 Å². The maximum Gasteiger partial charge on any atom is 0.306 e. The highest BCUT2D eigenvalue weighted by molar-refractivity contribution is 8.22. The zero-order chi connectivity index (χ0) is 22.6. The highest BCUT2D eigenvalue weighted by atomic mass is 32.3. The summed E-state index contributed by atoms with van der Waals surface area (Å²) < 4.78 is 22.1. The van der Waals surface area contributed by atoms with Crippen LogP contribution in [0.1, 0.15) is 39.5 Å². The minimum atomic E-state index is -2.73. The van der Waals surface area contributed by atoms with Crippen LogP contribution in [-0.2, 0) is 4.79 Å². The minimum Gasteiger partial charge on any atom is -0.481 e. The van der Waals surface area contributed by atoms with Gasteiger partial charge in [0.05, 0.1) is 24.2 Å². The normalized spacial score (nSPS) is 25.7. The zero-order valence-electron chi connectivity index (χ0n) is 18.5. The molecule has 0 saturated heterocycles. The number of allylic oxidation sites excluding steroid dienone is 5. The fourth-order valence-corrected chi connectivity index (χ4v) is 4.80. The monoisotopic (exact) mass is 449 g/mol. The molecule has 0 saturated carbocycles. The van der Waals surface area contributed by atoms with E-state index in [1.165, 1.54) is 17.4 Å². The molecule has 0 radical (unpaired) electrons. The van der Waals surface area contributed by atoms with E-state index in [2.05, 4.69) is 52.3 Å². The molecule has 3 aliphatic rings. The van der Waals surface area contributed by atoms with Crippen LogP contribution in [0, 0.1) is 11.8 Å². The van der Waals surface area contributed by atoms with E-state index in [0.29, 0.717) is 19.5 Å². The summed E-state index contributed by atoms with van der Waals surface area (Å²) in [6.07, 6.45) is 15.5. The quantitative estimate of drug-likeness (QED) is 0.345. The van der Waals surface area contributed by atoms with Crippen LogP contribution in [-0.4, -0.2) is 57.3 Å². The summed E-state index contributed by atoms with van der Waals surface area (Å²) in [4.78, 5) is 15.8. The molecule has 1 heterocycles. The Balaban J connectivity index is 1.67. The van der Waals surface area contributed by atoms with Gasteiger partial charge in [0.25, 0.3) is 0 Å². The summed E-state index contributed by atoms with van der Waals surface area (Å²) >= 11 is 0. The van der Waals surface area contributed by atoms with E-state index in [1.54, 1.807) is 6.92 Å². The summed E-state index contributed by atoms with van der Waals surface area (Å²) in [5.74, 6) is -0.813. The van der Waals surface area contributed by atoms with Crippen LogP contribution in [0.15, 0.2) is 52.1 Å². The third kappa shape index (κ3) is 6.63. The second kappa shape index (κ2) is 10.3. The van der Waals surface area contributed by atoms with Crippen molar-refractivity contribution in [3.05, 3.63) is 47.1 Å². The van der Waals surface area contributed by atoms with Gasteiger partial charge in [-0.25, -0.2) is 4.72 Å². The second-order valence-electron chi connectivity index (χ2n) is 8.75. The van der Waals surface area contributed by atoms with E-state index in [9.17, 15) is 13.9 Å². The number of carboxylic acid groups (broad SMARTS) is 1. The number of rotatable bonds is 10. The molecule has 0 aromatic rings. The lowest BCUT2D eigenvalue weighted by atomic mass is 9.81. The number of carboxylic acids is 1. The number of nitrogens with one attached hydrogen (secondary N) is 2. The Morgan fingerprint density at radius 1 is 1.32 bits per heavy atom. The van der Waals surface area contributed by atoms with E-state index in [0.717, 1.165) is 30.5 Å². The number of hydrogen-bond acceptors (Lipinski definition) is 6. The van der Waals surface area contributed by atoms with Crippen molar-refractivity contribution in [2.24, 2.45) is 16.8 Å². The van der Waals surface area contributed by atoms with Crippen molar-refractivity contribution >= 4 is 22.5 Å². The van der Waals surface area contributed by atoms with E-state index in [-0.39, 0.29) is 23.9 Å². The lowest BCUT2D eigenvalue weighted by Gasteiger charge is -2.34. The number of aliphatic imine (C=N–C) groups is 1. The van der Waals surface area contributed by atoms with Gasteiger partial charge in [-0.1, -0.05) is 38.2 Å². The Morgan fingerprint density at radius 3 is 2.71 bits per heavy atom. The molecular weight excluding hydrogens is 414 g/mol. The number of carbonyl (C=O) groups is 1. The van der Waals surface area contributed by atoms with Crippen molar-refractivity contribution in [1.82, 2.24) is 10.0 Å². The van der Waals surface area contributed by atoms with Crippen LogP contribution in [0.5, 0.6) is 0 Å². The van der Waals surface area contributed by atoms with Crippen molar-refractivity contribution in [3.63, 3.8) is 0 Å². The lowest BCUT2D eigenvalue weighted by molar-refractivity contribution is -0.141. The van der Waals surface area contributed by atoms with Gasteiger partial charge >= 0.3 is 5.97 Å². The molecule has 2 aliphatic carbocycles. The number of hydrogen-bond donors (Lipinski definition) is 5. The topological polar surface area (TPSA) is 114 Å². The van der Waals surface area contributed by atoms with Crippen LogP contribution in [0.2, 0.25) is 0 Å². The molecule has 0 spiro atoms. The first-order valence-electron chi connectivity index (χ1n) is 11.0. The van der Waals surface area contributed by atoms with Gasteiger partial charge < -0.3 is 10.4 Å². The average molecular weight is 450 g/mol. The van der Waals surface area contributed by atoms with E-state index in [4.69, 9.17) is 5.11 Å². The first-order valence-corrected chi connectivity index (χ1v) is 12.9. The maximum atomic E-state index is 11.1. The maximum absolute atomic E-state index is 11.1. The Kier molecular flexibility index (Phi) is 7.93. The molecule has 0 amide bonds. The highest BCUT2D eigenvalue weighted by Crippen LogP contribution is 2.33. The highest BCUT2D eigenvalue weighted by Gasteiger charge is 2.30. The molecule has 31 heavy (non-hydrogen) atoms. The van der Waals surface area contributed by atoms with Crippen LogP contribution < -0.4 is 10.0 Å². The van der Waals surface area contributed by atoms with Crippen molar-refractivity contribution in [2.75, 3.05) is 19.3 Å². The predicted octanol–water partition coefficient (Wildman–Crippen LogP) is 3.93. The average Bonchev–Trinajstić information content (AvgIpc) is 3.19. The largest absolute Gasteiger partial charge is 0.481 e. The van der Waals surface area contributed by atoms with E-state index in [1.807, 2.05) is 0 Å². The van der Waals surface area contributed by atoms with Crippen molar-refractivity contribution in [2.45, 2.75) is 51.6 Å². The minimum absolute atomic E-state index is 0.0817. The zero-order valence-corrected chi connectivity index (χ0v) is 19.4. The molecular formula is C23H35N3O4S. The molecule has 4 unspecified atom stereocenters.